The van der Waals surface area contributed by atoms with Crippen LogP contribution in [-0.2, 0) is 5.41 Å². The zero-order chi connectivity index (χ0) is 24.2. The molecule has 0 unspecified atom stereocenters. The van der Waals surface area contributed by atoms with Crippen LogP contribution in [0.1, 0.15) is 35.6 Å². The van der Waals surface area contributed by atoms with Gasteiger partial charge in [-0.15, -0.1) is 0 Å². The summed E-state index contributed by atoms with van der Waals surface area (Å²) >= 11 is 0. The Bertz CT molecular complexity index is 1540. The van der Waals surface area contributed by atoms with Gasteiger partial charge in [-0.2, -0.15) is 5.10 Å². The number of nitrogens with one attached hydrogen (secondary N) is 1. The van der Waals surface area contributed by atoms with E-state index in [4.69, 9.17) is 0 Å². The van der Waals surface area contributed by atoms with E-state index in [1.807, 2.05) is 26.8 Å². The first-order chi connectivity index (χ1) is 16.2. The highest BCUT2D eigenvalue weighted by Crippen LogP contribution is 2.44. The lowest BCUT2D eigenvalue weighted by atomic mass is 9.84. The smallest absolute Gasteiger partial charge is 0.335 e. The number of nitrogens with zero attached hydrogens (tertiary/aromatic N) is 2. The Morgan fingerprint density at radius 2 is 1.74 bits per heavy atom. The fourth-order valence-electron chi connectivity index (χ4n) is 4.57. The van der Waals surface area contributed by atoms with Crippen LogP contribution in [0.15, 0.2) is 60.7 Å². The standard InChI is InChI=1S/C27H24FN3O3/c1-15-20-13-23-21(12-22(20)30-29-15)24(16-4-6-17(7-5-16)26(33)34)25(27(2,3)14-32)31(23)19-10-8-18(28)9-11-19/h4-13,32H,14H2,1-3H3,(H,29,30)(H,33,34). The van der Waals surface area contributed by atoms with E-state index in [2.05, 4.69) is 20.8 Å². The molecular weight excluding hydrogens is 433 g/mol. The highest BCUT2D eigenvalue weighted by molar-refractivity contribution is 6.06. The van der Waals surface area contributed by atoms with Crippen molar-refractivity contribution in [3.63, 3.8) is 0 Å². The van der Waals surface area contributed by atoms with Crippen molar-refractivity contribution in [1.82, 2.24) is 14.8 Å². The highest BCUT2D eigenvalue weighted by Gasteiger charge is 2.32. The zero-order valence-electron chi connectivity index (χ0n) is 19.1. The van der Waals surface area contributed by atoms with Gasteiger partial charge in [-0.05, 0) is 61.0 Å². The molecule has 172 valence electrons. The van der Waals surface area contributed by atoms with Crippen molar-refractivity contribution in [1.29, 1.82) is 0 Å². The molecule has 0 radical (unpaired) electrons. The third kappa shape index (κ3) is 3.36. The monoisotopic (exact) mass is 457 g/mol. The minimum absolute atomic E-state index is 0.123. The molecule has 0 fully saturated rings. The number of carbonyl (C=O) groups is 1. The van der Waals surface area contributed by atoms with E-state index in [9.17, 15) is 19.4 Å². The summed E-state index contributed by atoms with van der Waals surface area (Å²) in [4.78, 5) is 11.4. The fraction of sp³-hybridized carbons (Fsp3) is 0.185. The van der Waals surface area contributed by atoms with Gasteiger partial charge in [-0.25, -0.2) is 9.18 Å². The summed E-state index contributed by atoms with van der Waals surface area (Å²) in [6.07, 6.45) is 0. The van der Waals surface area contributed by atoms with Gasteiger partial charge in [0, 0.05) is 38.8 Å². The molecule has 7 heteroatoms. The number of halogens is 1. The van der Waals surface area contributed by atoms with Gasteiger partial charge in [0.05, 0.1) is 23.2 Å². The molecule has 3 N–H and O–H groups in total. The normalized spacial score (nSPS) is 12.0. The van der Waals surface area contributed by atoms with Crippen LogP contribution in [0.5, 0.6) is 0 Å². The van der Waals surface area contributed by atoms with Crippen LogP contribution in [0.4, 0.5) is 4.39 Å². The quantitative estimate of drug-likeness (QED) is 0.321. The summed E-state index contributed by atoms with van der Waals surface area (Å²) in [6, 6.07) is 17.0. The number of fused-ring (bicyclic) bond motifs is 2. The third-order valence-corrected chi connectivity index (χ3v) is 6.37. The summed E-state index contributed by atoms with van der Waals surface area (Å²) in [5.41, 5.74) is 5.43. The van der Waals surface area contributed by atoms with E-state index in [1.165, 1.54) is 12.1 Å². The summed E-state index contributed by atoms with van der Waals surface area (Å²) in [5.74, 6) is -1.33. The van der Waals surface area contributed by atoms with Crippen LogP contribution in [0, 0.1) is 12.7 Å². The number of aromatic carboxylic acids is 1. The summed E-state index contributed by atoms with van der Waals surface area (Å²) < 4.78 is 15.9. The van der Waals surface area contributed by atoms with Gasteiger partial charge < -0.3 is 14.8 Å². The third-order valence-electron chi connectivity index (χ3n) is 6.37. The molecule has 3 aromatic carbocycles. The van der Waals surface area contributed by atoms with E-state index in [0.717, 1.165) is 50.0 Å². The Labute approximate surface area is 195 Å². The first kappa shape index (κ1) is 21.9. The molecular formula is C27H24FN3O3. The predicted molar refractivity (Wildman–Crippen MR) is 130 cm³/mol. The number of H-pyrrole nitrogens is 1. The fourth-order valence-corrected chi connectivity index (χ4v) is 4.57. The second-order valence-electron chi connectivity index (χ2n) is 9.20. The zero-order valence-corrected chi connectivity index (χ0v) is 19.1. The Morgan fingerprint density at radius 1 is 1.06 bits per heavy atom. The van der Waals surface area contributed by atoms with Crippen molar-refractivity contribution >= 4 is 27.8 Å². The molecule has 0 saturated carbocycles. The number of aryl methyl sites for hydroxylation is 1. The van der Waals surface area contributed by atoms with E-state index < -0.39 is 11.4 Å². The summed E-state index contributed by atoms with van der Waals surface area (Å²) in [5, 5.41) is 29.1. The number of hydrogen-bond donors (Lipinski definition) is 3. The topological polar surface area (TPSA) is 91.1 Å². The summed E-state index contributed by atoms with van der Waals surface area (Å²) in [7, 11) is 0. The molecule has 6 nitrogen and oxygen atoms in total. The Hall–Kier alpha value is -3.97. The van der Waals surface area contributed by atoms with Crippen molar-refractivity contribution in [2.75, 3.05) is 6.61 Å². The van der Waals surface area contributed by atoms with Gasteiger partial charge >= 0.3 is 5.97 Å². The number of aromatic nitrogens is 3. The van der Waals surface area contributed by atoms with Gasteiger partial charge in [-0.3, -0.25) is 5.10 Å². The van der Waals surface area contributed by atoms with Gasteiger partial charge in [0.25, 0.3) is 0 Å². The minimum Gasteiger partial charge on any atom is -0.478 e. The first-order valence-electron chi connectivity index (χ1n) is 11.0. The molecule has 2 aromatic heterocycles. The molecule has 0 aliphatic carbocycles. The number of aromatic amines is 1. The second kappa shape index (κ2) is 7.81. The number of carboxylic acids is 1. The van der Waals surface area contributed by atoms with Crippen LogP contribution in [0.2, 0.25) is 0 Å². The molecule has 0 amide bonds. The lowest BCUT2D eigenvalue weighted by molar-refractivity contribution is 0.0697. The maximum Gasteiger partial charge on any atom is 0.335 e. The van der Waals surface area contributed by atoms with Crippen molar-refractivity contribution in [2.45, 2.75) is 26.2 Å². The molecule has 34 heavy (non-hydrogen) atoms. The maximum atomic E-state index is 13.8. The number of aliphatic hydroxyl groups is 1. The lowest BCUT2D eigenvalue weighted by Crippen LogP contribution is -2.26. The molecule has 2 heterocycles. The van der Waals surface area contributed by atoms with Gasteiger partial charge in [-0.1, -0.05) is 26.0 Å². The molecule has 0 aliphatic rings. The van der Waals surface area contributed by atoms with Crippen molar-refractivity contribution in [3.05, 3.63) is 83.4 Å². The molecule has 0 bridgehead atoms. The molecule has 0 spiro atoms. The van der Waals surface area contributed by atoms with Crippen LogP contribution in [-0.4, -0.2) is 37.6 Å². The van der Waals surface area contributed by atoms with Crippen LogP contribution in [0.25, 0.3) is 38.6 Å². The predicted octanol–water partition coefficient (Wildman–Crippen LogP) is 5.59. The lowest BCUT2D eigenvalue weighted by Gasteiger charge is -2.27. The van der Waals surface area contributed by atoms with Gasteiger partial charge in [0.2, 0.25) is 0 Å². The minimum atomic E-state index is -0.995. The molecule has 0 aliphatic heterocycles. The van der Waals surface area contributed by atoms with Gasteiger partial charge in [0.1, 0.15) is 5.82 Å². The highest BCUT2D eigenvalue weighted by atomic mass is 19.1. The second-order valence-corrected chi connectivity index (χ2v) is 9.20. The molecule has 5 rings (SSSR count). The number of aliphatic hydroxyl groups excluding tert-OH is 1. The van der Waals surface area contributed by atoms with Crippen molar-refractivity contribution < 1.29 is 19.4 Å². The molecule has 0 atom stereocenters. The largest absolute Gasteiger partial charge is 0.478 e. The van der Waals surface area contributed by atoms with Crippen molar-refractivity contribution in [2.24, 2.45) is 0 Å². The first-order valence-corrected chi connectivity index (χ1v) is 11.0. The van der Waals surface area contributed by atoms with Crippen molar-refractivity contribution in [3.8, 4) is 16.8 Å². The Kier molecular flexibility index (Phi) is 5.02. The average Bonchev–Trinajstić information content (AvgIpc) is 3.36. The average molecular weight is 458 g/mol. The van der Waals surface area contributed by atoms with E-state index >= 15 is 0 Å². The summed E-state index contributed by atoms with van der Waals surface area (Å²) in [6.45, 7) is 5.73. The van der Waals surface area contributed by atoms with E-state index in [-0.39, 0.29) is 18.0 Å². The van der Waals surface area contributed by atoms with Crippen LogP contribution >= 0.6 is 0 Å². The maximum absolute atomic E-state index is 13.8. The van der Waals surface area contributed by atoms with Gasteiger partial charge in [0.15, 0.2) is 0 Å². The Balaban J connectivity index is 1.96. The SMILES string of the molecule is Cc1[nH]nc2cc3c(-c4ccc(C(=O)O)cc4)c(C(C)(C)CO)n(-c4ccc(F)cc4)c3cc12. The number of carboxylic acid groups (broad SMARTS) is 1. The van der Waals surface area contributed by atoms with Crippen LogP contribution < -0.4 is 0 Å². The molecule has 5 aromatic rings. The number of rotatable bonds is 5. The molecule has 0 saturated heterocycles. The number of benzene rings is 3. The van der Waals surface area contributed by atoms with Crippen LogP contribution in [0.3, 0.4) is 0 Å². The number of hydrogen-bond acceptors (Lipinski definition) is 3. The Morgan fingerprint density at radius 3 is 2.35 bits per heavy atom. The van der Waals surface area contributed by atoms with E-state index in [0.29, 0.717) is 0 Å². The van der Waals surface area contributed by atoms with E-state index in [1.54, 1.807) is 36.4 Å².